The summed E-state index contributed by atoms with van der Waals surface area (Å²) in [5.41, 5.74) is 6.99. The number of carboxylic acids is 1. The molecule has 0 bridgehead atoms. The molecule has 2 aliphatic heterocycles. The molecule has 2 aromatic carbocycles. The minimum absolute atomic E-state index is 0.0135. The van der Waals surface area contributed by atoms with Gasteiger partial charge in [-0.25, -0.2) is 4.68 Å². The molecule has 0 saturated carbocycles. The molecule has 4 aromatic rings. The van der Waals surface area contributed by atoms with Crippen molar-refractivity contribution in [2.75, 3.05) is 30.3 Å². The number of anilines is 2. The molecule has 0 aliphatic carbocycles. The van der Waals surface area contributed by atoms with Gasteiger partial charge in [-0.05, 0) is 79.5 Å². The molecular formula is C33H33F6N7O4. The van der Waals surface area contributed by atoms with Gasteiger partial charge in [0.2, 0.25) is 17.9 Å². The number of ether oxygens (including phenoxy) is 2. The highest BCUT2D eigenvalue weighted by atomic mass is 19.4. The Bertz CT molecular complexity index is 1890. The van der Waals surface area contributed by atoms with Gasteiger partial charge in [0.25, 0.3) is 0 Å². The van der Waals surface area contributed by atoms with Gasteiger partial charge in [0.05, 0.1) is 11.4 Å². The van der Waals surface area contributed by atoms with E-state index in [-0.39, 0.29) is 34.0 Å². The lowest BCUT2D eigenvalue weighted by molar-refractivity contribution is -0.274. The normalized spacial score (nSPS) is 18.3. The van der Waals surface area contributed by atoms with Crippen LogP contribution in [-0.2, 0) is 4.79 Å². The second-order valence-electron chi connectivity index (χ2n) is 12.6. The van der Waals surface area contributed by atoms with Gasteiger partial charge in [-0.3, -0.25) is 4.79 Å². The van der Waals surface area contributed by atoms with E-state index in [9.17, 15) is 36.2 Å². The molecule has 0 amide bonds. The third-order valence-corrected chi connectivity index (χ3v) is 9.07. The molecule has 2 aliphatic rings. The van der Waals surface area contributed by atoms with Crippen LogP contribution in [0.15, 0.2) is 54.7 Å². The van der Waals surface area contributed by atoms with E-state index in [1.807, 2.05) is 4.90 Å². The van der Waals surface area contributed by atoms with E-state index in [4.69, 9.17) is 10.5 Å². The predicted molar refractivity (Wildman–Crippen MR) is 169 cm³/mol. The monoisotopic (exact) mass is 705 g/mol. The van der Waals surface area contributed by atoms with Crippen molar-refractivity contribution in [3.8, 4) is 28.4 Å². The molecule has 1 spiro atoms. The van der Waals surface area contributed by atoms with Gasteiger partial charge < -0.3 is 30.5 Å². The fraction of sp³-hybridized carbons (Fsp3) is 0.394. The first kappa shape index (κ1) is 34.8. The second kappa shape index (κ2) is 13.0. The number of aromatic nitrogens is 4. The average Bonchev–Trinajstić information content (AvgIpc) is 3.66. The Hall–Kier alpha value is -5.06. The van der Waals surface area contributed by atoms with Gasteiger partial charge in [0, 0.05) is 37.5 Å². The Balaban J connectivity index is 1.30. The number of carboxylic acid groups (broad SMARTS) is 1. The second-order valence-corrected chi connectivity index (χ2v) is 12.6. The summed E-state index contributed by atoms with van der Waals surface area (Å²) < 4.78 is 94.0. The number of nitrogens with two attached hydrogens (primary N) is 1. The summed E-state index contributed by atoms with van der Waals surface area (Å²) in [5.74, 6) is -1.74. The molecule has 4 N–H and O–H groups in total. The molecule has 2 atom stereocenters. The van der Waals surface area contributed by atoms with Gasteiger partial charge in [0.15, 0.2) is 0 Å². The Morgan fingerprint density at radius 3 is 2.32 bits per heavy atom. The molecule has 17 heteroatoms. The molecule has 2 fully saturated rings. The lowest BCUT2D eigenvalue weighted by Crippen LogP contribution is -2.41. The molecule has 11 nitrogen and oxygen atoms in total. The molecule has 2 aromatic heterocycles. The van der Waals surface area contributed by atoms with E-state index in [1.165, 1.54) is 54.2 Å². The van der Waals surface area contributed by atoms with Gasteiger partial charge in [-0.15, -0.1) is 13.2 Å². The highest BCUT2D eigenvalue weighted by Crippen LogP contribution is 2.43. The molecule has 50 heavy (non-hydrogen) atoms. The number of hydrogen-bond donors (Lipinski definition) is 3. The zero-order valence-corrected chi connectivity index (χ0v) is 26.8. The summed E-state index contributed by atoms with van der Waals surface area (Å²) >= 11 is 0. The maximum atomic E-state index is 14.9. The topological polar surface area (TPSA) is 141 Å². The summed E-state index contributed by atoms with van der Waals surface area (Å²) in [5, 5.41) is 16.7. The van der Waals surface area contributed by atoms with Crippen molar-refractivity contribution in [1.29, 1.82) is 0 Å². The summed E-state index contributed by atoms with van der Waals surface area (Å²) in [6.07, 6.45) is -9.11. The number of piperidine rings is 1. The van der Waals surface area contributed by atoms with Crippen LogP contribution in [-0.4, -0.2) is 69.0 Å². The van der Waals surface area contributed by atoms with E-state index >= 15 is 0 Å². The number of rotatable bonds is 8. The fourth-order valence-corrected chi connectivity index (χ4v) is 6.52. The summed E-state index contributed by atoms with van der Waals surface area (Å²) in [6.45, 7) is 4.59. The van der Waals surface area contributed by atoms with Crippen LogP contribution in [0, 0.1) is 19.3 Å². The third-order valence-electron chi connectivity index (χ3n) is 9.07. The minimum atomic E-state index is -4.95. The maximum Gasteiger partial charge on any atom is 0.573 e. The van der Waals surface area contributed by atoms with Crippen molar-refractivity contribution < 1.29 is 45.7 Å². The van der Waals surface area contributed by atoms with Crippen LogP contribution in [0.2, 0.25) is 0 Å². The van der Waals surface area contributed by atoms with Crippen molar-refractivity contribution in [3.63, 3.8) is 0 Å². The molecule has 6 rings (SSSR count). The standard InChI is InChI=1S/C33H33F6N7O4/c1-18-13-20(4-6-25(18)50-33(37,38)39)21-3-5-22(24(14-21)46-10-7-19(2)44-46)28(32(34,35)36)49-27-15-26(42-30(40)43-27)45-11-8-31(9-12-45)16-23(29(47)48)41-17-31/h3-7,10,13-15,23,28,41H,8-9,11-12,16-17H2,1-2H3,(H,47,48)(H2,40,42,43)/t23-,28+/m0/s1. The van der Waals surface area contributed by atoms with Crippen LogP contribution < -0.4 is 25.4 Å². The Labute approximate surface area is 282 Å². The number of nitrogens with zero attached hydrogens (tertiary/aromatic N) is 5. The molecule has 0 unspecified atom stereocenters. The number of aliphatic carboxylic acids is 1. The number of carbonyl (C=O) groups is 1. The highest BCUT2D eigenvalue weighted by Gasteiger charge is 2.46. The van der Waals surface area contributed by atoms with Crippen molar-refractivity contribution in [1.82, 2.24) is 25.1 Å². The van der Waals surface area contributed by atoms with Crippen LogP contribution >= 0.6 is 0 Å². The number of nitrogen functional groups attached to an aromatic ring is 1. The smallest absolute Gasteiger partial charge is 0.480 e. The van der Waals surface area contributed by atoms with E-state index in [1.54, 1.807) is 13.0 Å². The predicted octanol–water partition coefficient (Wildman–Crippen LogP) is 6.14. The summed E-state index contributed by atoms with van der Waals surface area (Å²) in [6, 6.07) is 10.3. The van der Waals surface area contributed by atoms with Crippen LogP contribution in [0.4, 0.5) is 38.1 Å². The summed E-state index contributed by atoms with van der Waals surface area (Å²) in [7, 11) is 0. The van der Waals surface area contributed by atoms with Crippen molar-refractivity contribution in [2.24, 2.45) is 5.41 Å². The highest BCUT2D eigenvalue weighted by molar-refractivity contribution is 5.74. The number of nitrogens with one attached hydrogen (secondary N) is 1. The first-order valence-corrected chi connectivity index (χ1v) is 15.6. The Morgan fingerprint density at radius 1 is 1.02 bits per heavy atom. The lowest BCUT2D eigenvalue weighted by Gasteiger charge is -2.39. The first-order chi connectivity index (χ1) is 23.5. The van der Waals surface area contributed by atoms with E-state index in [2.05, 4.69) is 25.1 Å². The SMILES string of the molecule is Cc1ccn(-c2cc(-c3ccc(OC(F)(F)F)c(C)c3)ccc2[C@@H](Oc2cc(N3CCC4(CC3)CN[C@H](C(=O)O)C4)nc(N)n2)C(F)(F)F)n1. The van der Waals surface area contributed by atoms with Crippen molar-refractivity contribution >= 4 is 17.7 Å². The van der Waals surface area contributed by atoms with Gasteiger partial charge in [-0.1, -0.05) is 18.2 Å². The zero-order valence-electron chi connectivity index (χ0n) is 26.8. The number of halogens is 6. The largest absolute Gasteiger partial charge is 0.573 e. The third kappa shape index (κ3) is 7.56. The molecular weight excluding hydrogens is 672 g/mol. The van der Waals surface area contributed by atoms with Crippen LogP contribution in [0.3, 0.4) is 0 Å². The average molecular weight is 706 g/mol. The van der Waals surface area contributed by atoms with Gasteiger partial charge >= 0.3 is 18.5 Å². The fourth-order valence-electron chi connectivity index (χ4n) is 6.52. The van der Waals surface area contributed by atoms with Crippen LogP contribution in [0.25, 0.3) is 16.8 Å². The van der Waals surface area contributed by atoms with E-state index < -0.39 is 42.3 Å². The summed E-state index contributed by atoms with van der Waals surface area (Å²) in [4.78, 5) is 21.5. The molecule has 0 radical (unpaired) electrons. The van der Waals surface area contributed by atoms with Crippen LogP contribution in [0.5, 0.6) is 11.6 Å². The quantitative estimate of drug-likeness (QED) is 0.183. The maximum absolute atomic E-state index is 14.9. The van der Waals surface area contributed by atoms with Crippen LogP contribution in [0.1, 0.15) is 42.2 Å². The molecule has 2 saturated heterocycles. The number of aryl methyl sites for hydroxylation is 2. The van der Waals surface area contributed by atoms with Crippen molar-refractivity contribution in [3.05, 3.63) is 71.5 Å². The Morgan fingerprint density at radius 2 is 1.72 bits per heavy atom. The van der Waals surface area contributed by atoms with Gasteiger partial charge in [0.1, 0.15) is 17.6 Å². The zero-order chi connectivity index (χ0) is 36.0. The van der Waals surface area contributed by atoms with Crippen molar-refractivity contribution in [2.45, 2.75) is 57.8 Å². The number of hydrogen-bond acceptors (Lipinski definition) is 9. The van der Waals surface area contributed by atoms with E-state index in [0.29, 0.717) is 55.7 Å². The number of alkyl halides is 6. The lowest BCUT2D eigenvalue weighted by atomic mass is 9.76. The minimum Gasteiger partial charge on any atom is -0.480 e. The first-order valence-electron chi connectivity index (χ1n) is 15.6. The molecule has 4 heterocycles. The Kier molecular flexibility index (Phi) is 9.05. The van der Waals surface area contributed by atoms with Gasteiger partial charge in [-0.2, -0.15) is 28.2 Å². The molecule has 266 valence electrons. The number of benzene rings is 2. The van der Waals surface area contributed by atoms with E-state index in [0.717, 1.165) is 6.07 Å².